The van der Waals surface area contributed by atoms with Gasteiger partial charge in [-0.25, -0.2) is 0 Å². The molecule has 0 spiro atoms. The summed E-state index contributed by atoms with van der Waals surface area (Å²) >= 11 is 0. The summed E-state index contributed by atoms with van der Waals surface area (Å²) in [5, 5.41) is 0. The first-order chi connectivity index (χ1) is 10.8. The number of sulfonamides is 2. The highest BCUT2D eigenvalue weighted by Gasteiger charge is 2.47. The van der Waals surface area contributed by atoms with E-state index in [2.05, 4.69) is 0 Å². The fourth-order valence-corrected chi connectivity index (χ4v) is 6.83. The van der Waals surface area contributed by atoms with Crippen LogP contribution in [0.15, 0.2) is 52.3 Å². The van der Waals surface area contributed by atoms with E-state index in [1.807, 2.05) is 0 Å². The molecule has 0 atom stereocenters. The molecule has 0 saturated carbocycles. The van der Waals surface area contributed by atoms with Gasteiger partial charge in [0.05, 0.1) is 19.9 Å². The van der Waals surface area contributed by atoms with Crippen molar-refractivity contribution in [2.45, 2.75) is 9.79 Å². The van der Waals surface area contributed by atoms with Crippen LogP contribution in [0, 0.1) is 0 Å². The van der Waals surface area contributed by atoms with Crippen LogP contribution < -0.4 is 13.2 Å². The van der Waals surface area contributed by atoms with Gasteiger partial charge in [0, 0.05) is 6.07 Å². The molecule has 2 aromatic rings. The molecule has 0 amide bonds. The van der Waals surface area contributed by atoms with Crippen molar-refractivity contribution in [1.82, 2.24) is 0 Å². The summed E-state index contributed by atoms with van der Waals surface area (Å²) in [6, 6.07) is 9.59. The van der Waals surface area contributed by atoms with Gasteiger partial charge in [-0.05, 0) is 24.3 Å². The summed E-state index contributed by atoms with van der Waals surface area (Å²) in [5.74, 6) is 0.592. The summed E-state index contributed by atoms with van der Waals surface area (Å²) in [6.45, 7) is 0. The predicted octanol–water partition coefficient (Wildman–Crippen LogP) is 1.60. The summed E-state index contributed by atoms with van der Waals surface area (Å²) in [6.07, 6.45) is 0. The Balaban J connectivity index is 2.26. The van der Waals surface area contributed by atoms with Gasteiger partial charge in [-0.1, -0.05) is 12.1 Å². The van der Waals surface area contributed by atoms with Gasteiger partial charge in [0.1, 0.15) is 9.79 Å². The minimum Gasteiger partial charge on any atom is -0.493 e. The molecule has 0 fully saturated rings. The molecule has 122 valence electrons. The maximum atomic E-state index is 12.6. The van der Waals surface area contributed by atoms with Crippen molar-refractivity contribution in [3.63, 3.8) is 0 Å². The fourth-order valence-electron chi connectivity index (χ4n) is 2.40. The summed E-state index contributed by atoms with van der Waals surface area (Å²) < 4.78 is 61.1. The second-order valence-electron chi connectivity index (χ2n) is 4.69. The third-order valence-electron chi connectivity index (χ3n) is 3.42. The quantitative estimate of drug-likeness (QED) is 0.831. The van der Waals surface area contributed by atoms with Crippen LogP contribution in [0.2, 0.25) is 0 Å². The average molecular weight is 355 g/mol. The fraction of sp³-hybridized carbons (Fsp3) is 0.143. The van der Waals surface area contributed by atoms with E-state index in [1.54, 1.807) is 0 Å². The zero-order chi connectivity index (χ0) is 16.8. The normalized spacial score (nSPS) is 17.6. The number of hydrogen-bond donors (Lipinski definition) is 0. The summed E-state index contributed by atoms with van der Waals surface area (Å²) in [4.78, 5) is -0.482. The molecule has 9 heteroatoms. The van der Waals surface area contributed by atoms with Crippen LogP contribution in [0.3, 0.4) is 0 Å². The summed E-state index contributed by atoms with van der Waals surface area (Å²) in [5.41, 5.74) is -0.0427. The van der Waals surface area contributed by atoms with Crippen LogP contribution in [-0.4, -0.2) is 31.1 Å². The highest BCUT2D eigenvalue weighted by atomic mass is 32.3. The molecule has 23 heavy (non-hydrogen) atoms. The first-order valence-corrected chi connectivity index (χ1v) is 9.33. The molecule has 0 aliphatic carbocycles. The standard InChI is InChI=1S/C14H13NO6S2/c1-20-11-8-7-10(9-12(11)21-2)15-22(16,17)13-5-3-4-6-14(13)23(15,18)19/h3-9H,1-2H3. The molecule has 1 aliphatic heterocycles. The van der Waals surface area contributed by atoms with Crippen molar-refractivity contribution in [3.05, 3.63) is 42.5 Å². The molecule has 7 nitrogen and oxygen atoms in total. The number of methoxy groups -OCH3 is 2. The van der Waals surface area contributed by atoms with Crippen LogP contribution in [-0.2, 0) is 20.0 Å². The Morgan fingerprint density at radius 3 is 1.78 bits per heavy atom. The van der Waals surface area contributed by atoms with Crippen LogP contribution in [0.25, 0.3) is 0 Å². The molecule has 0 saturated heterocycles. The molecule has 2 aromatic carbocycles. The van der Waals surface area contributed by atoms with E-state index in [1.165, 1.54) is 56.7 Å². The first-order valence-electron chi connectivity index (χ1n) is 6.45. The maximum Gasteiger partial charge on any atom is 0.279 e. The molecule has 0 unspecified atom stereocenters. The van der Waals surface area contributed by atoms with E-state index in [0.29, 0.717) is 9.46 Å². The molecule has 0 bridgehead atoms. The number of hydrogen-bond acceptors (Lipinski definition) is 6. The Morgan fingerprint density at radius 2 is 1.30 bits per heavy atom. The minimum absolute atomic E-state index is 0.0427. The highest BCUT2D eigenvalue weighted by Crippen LogP contribution is 2.42. The third kappa shape index (κ3) is 2.15. The molecule has 1 aliphatic rings. The predicted molar refractivity (Wildman–Crippen MR) is 82.8 cm³/mol. The van der Waals surface area contributed by atoms with E-state index in [4.69, 9.17) is 9.47 Å². The van der Waals surface area contributed by atoms with E-state index in [9.17, 15) is 16.8 Å². The van der Waals surface area contributed by atoms with Crippen LogP contribution in [0.4, 0.5) is 5.69 Å². The van der Waals surface area contributed by atoms with Crippen molar-refractivity contribution in [2.75, 3.05) is 17.9 Å². The third-order valence-corrected chi connectivity index (χ3v) is 7.84. The van der Waals surface area contributed by atoms with E-state index >= 15 is 0 Å². The second-order valence-corrected chi connectivity index (χ2v) is 8.43. The molecular weight excluding hydrogens is 342 g/mol. The highest BCUT2D eigenvalue weighted by molar-refractivity contribution is 8.12. The number of fused-ring (bicyclic) bond motifs is 1. The van der Waals surface area contributed by atoms with Gasteiger partial charge in [-0.3, -0.25) is 0 Å². The summed E-state index contributed by atoms with van der Waals surface area (Å²) in [7, 11) is -5.60. The van der Waals surface area contributed by atoms with Gasteiger partial charge in [0.15, 0.2) is 11.5 Å². The Labute approximate surface area is 134 Å². The molecule has 3 rings (SSSR count). The SMILES string of the molecule is COc1ccc(N2S(=O)(=O)c3ccccc3S2(=O)=O)cc1OC. The topological polar surface area (TPSA) is 90.0 Å². The maximum absolute atomic E-state index is 12.6. The number of ether oxygens (including phenoxy) is 2. The largest absolute Gasteiger partial charge is 0.493 e. The number of benzene rings is 2. The van der Waals surface area contributed by atoms with Gasteiger partial charge in [0.25, 0.3) is 20.0 Å². The molecule has 0 radical (unpaired) electrons. The Kier molecular flexibility index (Phi) is 3.49. The lowest BCUT2D eigenvalue weighted by atomic mass is 10.3. The van der Waals surface area contributed by atoms with Gasteiger partial charge >= 0.3 is 0 Å². The first kappa shape index (κ1) is 15.6. The monoisotopic (exact) mass is 355 g/mol. The Bertz CT molecular complexity index is 929. The van der Waals surface area contributed by atoms with Crippen molar-refractivity contribution >= 4 is 25.7 Å². The molecule has 0 aromatic heterocycles. The second kappa shape index (κ2) is 5.14. The lowest BCUT2D eigenvalue weighted by molar-refractivity contribution is 0.355. The van der Waals surface area contributed by atoms with E-state index < -0.39 is 20.0 Å². The van der Waals surface area contributed by atoms with Gasteiger partial charge in [0.2, 0.25) is 0 Å². The van der Waals surface area contributed by atoms with Gasteiger partial charge < -0.3 is 9.47 Å². The van der Waals surface area contributed by atoms with Crippen molar-refractivity contribution < 1.29 is 26.3 Å². The lowest BCUT2D eigenvalue weighted by Gasteiger charge is -2.17. The van der Waals surface area contributed by atoms with Crippen LogP contribution in [0.1, 0.15) is 0 Å². The number of anilines is 1. The minimum atomic E-state index is -4.20. The van der Waals surface area contributed by atoms with Gasteiger partial charge in [-0.15, -0.1) is 0 Å². The molecule has 0 N–H and O–H groups in total. The van der Waals surface area contributed by atoms with Gasteiger partial charge in [-0.2, -0.15) is 20.5 Å². The van der Waals surface area contributed by atoms with Crippen molar-refractivity contribution in [3.8, 4) is 11.5 Å². The van der Waals surface area contributed by atoms with E-state index in [-0.39, 0.29) is 21.2 Å². The van der Waals surface area contributed by atoms with E-state index in [0.717, 1.165) is 0 Å². The average Bonchev–Trinajstić information content (AvgIpc) is 2.70. The number of nitrogens with zero attached hydrogens (tertiary/aromatic N) is 1. The molecule has 1 heterocycles. The molecular formula is C14H13NO6S2. The smallest absolute Gasteiger partial charge is 0.279 e. The zero-order valence-electron chi connectivity index (χ0n) is 12.3. The Morgan fingerprint density at radius 1 is 0.783 bits per heavy atom. The van der Waals surface area contributed by atoms with Crippen LogP contribution >= 0.6 is 0 Å². The van der Waals surface area contributed by atoms with Crippen molar-refractivity contribution in [2.24, 2.45) is 0 Å². The van der Waals surface area contributed by atoms with Crippen molar-refractivity contribution in [1.29, 1.82) is 0 Å². The lowest BCUT2D eigenvalue weighted by Crippen LogP contribution is -2.30. The zero-order valence-corrected chi connectivity index (χ0v) is 13.9. The Hall–Kier alpha value is -2.26. The number of rotatable bonds is 3. The van der Waals surface area contributed by atoms with Crippen LogP contribution in [0.5, 0.6) is 11.5 Å².